The van der Waals surface area contributed by atoms with Gasteiger partial charge >= 0.3 is 5.97 Å². The van der Waals surface area contributed by atoms with Crippen molar-refractivity contribution in [3.8, 4) is 11.1 Å². The smallest absolute Gasteiger partial charge is 0.338 e. The van der Waals surface area contributed by atoms with Crippen molar-refractivity contribution < 1.29 is 28.8 Å². The lowest BCUT2D eigenvalue weighted by molar-refractivity contribution is -0.384. The second-order valence-corrected chi connectivity index (χ2v) is 9.48. The molecule has 0 saturated heterocycles. The molecule has 0 fully saturated rings. The monoisotopic (exact) mass is 584 g/mol. The molecular weight excluding hydrogens is 568 g/mol. The van der Waals surface area contributed by atoms with Crippen molar-refractivity contribution in [1.29, 1.82) is 0 Å². The standard InChI is InChI=1S/C29H17BrN2O7/c30-21-8-1-19(2-9-21)26(33)16-39-29(36)20-7-14-24-25(15-20)28(35)31(27(24)34)22-10-3-17(4-11-22)18-5-12-23(13-6-18)32(37)38/h1-15H,16H2. The highest BCUT2D eigenvalue weighted by Crippen LogP contribution is 2.31. The number of hydrogen-bond donors (Lipinski definition) is 0. The van der Waals surface area contributed by atoms with Crippen LogP contribution in [0.25, 0.3) is 11.1 Å². The fourth-order valence-corrected chi connectivity index (χ4v) is 4.38. The minimum Gasteiger partial charge on any atom is -0.454 e. The van der Waals surface area contributed by atoms with Crippen LogP contribution in [-0.4, -0.2) is 35.1 Å². The summed E-state index contributed by atoms with van der Waals surface area (Å²) >= 11 is 3.29. The van der Waals surface area contributed by atoms with E-state index in [-0.39, 0.29) is 28.2 Å². The van der Waals surface area contributed by atoms with Crippen LogP contribution in [0.2, 0.25) is 0 Å². The zero-order chi connectivity index (χ0) is 27.7. The van der Waals surface area contributed by atoms with Crippen LogP contribution >= 0.6 is 15.9 Å². The molecule has 0 atom stereocenters. The first-order chi connectivity index (χ1) is 18.7. The molecule has 9 nitrogen and oxygen atoms in total. The Morgan fingerprint density at radius 1 is 0.769 bits per heavy atom. The number of ether oxygens (including phenoxy) is 1. The Balaban J connectivity index is 1.30. The third-order valence-electron chi connectivity index (χ3n) is 6.16. The van der Waals surface area contributed by atoms with E-state index < -0.39 is 29.3 Å². The van der Waals surface area contributed by atoms with Gasteiger partial charge in [-0.2, -0.15) is 0 Å². The van der Waals surface area contributed by atoms with Gasteiger partial charge in [-0.15, -0.1) is 0 Å². The maximum Gasteiger partial charge on any atom is 0.338 e. The minimum absolute atomic E-state index is 0.0270. The van der Waals surface area contributed by atoms with E-state index in [4.69, 9.17) is 4.74 Å². The summed E-state index contributed by atoms with van der Waals surface area (Å²) in [6, 6.07) is 23.3. The van der Waals surface area contributed by atoms with Crippen LogP contribution in [0.5, 0.6) is 0 Å². The number of rotatable bonds is 7. The second kappa shape index (κ2) is 10.4. The fourth-order valence-electron chi connectivity index (χ4n) is 4.11. The van der Waals surface area contributed by atoms with Crippen LogP contribution in [0.15, 0.2) is 95.5 Å². The molecule has 1 aliphatic heterocycles. The van der Waals surface area contributed by atoms with Crippen LogP contribution in [0.1, 0.15) is 41.4 Å². The highest BCUT2D eigenvalue weighted by Gasteiger charge is 2.37. The van der Waals surface area contributed by atoms with E-state index >= 15 is 0 Å². The molecule has 0 radical (unpaired) electrons. The van der Waals surface area contributed by atoms with Gasteiger partial charge in [0.2, 0.25) is 0 Å². The van der Waals surface area contributed by atoms with Crippen molar-refractivity contribution >= 4 is 50.9 Å². The van der Waals surface area contributed by atoms with Gasteiger partial charge in [-0.3, -0.25) is 24.5 Å². The molecule has 5 rings (SSSR count). The molecule has 0 aliphatic carbocycles. The SMILES string of the molecule is O=C(COC(=O)c1ccc2c(c1)C(=O)N(c1ccc(-c3ccc([N+](=O)[O-])cc3)cc1)C2=O)c1ccc(Br)cc1. The van der Waals surface area contributed by atoms with Gasteiger partial charge in [-0.05, 0) is 65.7 Å². The van der Waals surface area contributed by atoms with Crippen LogP contribution in [0, 0.1) is 10.1 Å². The molecular formula is C29H17BrN2O7. The second-order valence-electron chi connectivity index (χ2n) is 8.56. The number of nitrogens with zero attached hydrogens (tertiary/aromatic N) is 2. The molecule has 2 amide bonds. The molecule has 39 heavy (non-hydrogen) atoms. The molecule has 4 aromatic rings. The number of halogens is 1. The van der Waals surface area contributed by atoms with E-state index in [0.717, 1.165) is 20.5 Å². The van der Waals surface area contributed by atoms with Crippen molar-refractivity contribution in [3.63, 3.8) is 0 Å². The number of carbonyl (C=O) groups excluding carboxylic acids is 4. The zero-order valence-electron chi connectivity index (χ0n) is 20.0. The highest BCUT2D eigenvalue weighted by atomic mass is 79.9. The predicted molar refractivity (Wildman–Crippen MR) is 145 cm³/mol. The number of ketones is 1. The Labute approximate surface area is 229 Å². The third-order valence-corrected chi connectivity index (χ3v) is 6.69. The van der Waals surface area contributed by atoms with E-state index in [0.29, 0.717) is 11.3 Å². The first kappa shape index (κ1) is 25.7. The number of imide groups is 1. The van der Waals surface area contributed by atoms with Crippen molar-refractivity contribution in [3.05, 3.63) is 128 Å². The Bertz CT molecular complexity index is 1650. The van der Waals surface area contributed by atoms with Crippen LogP contribution in [-0.2, 0) is 4.74 Å². The Hall–Kier alpha value is -4.96. The van der Waals surface area contributed by atoms with Crippen LogP contribution in [0.3, 0.4) is 0 Å². The van der Waals surface area contributed by atoms with E-state index in [2.05, 4.69) is 15.9 Å². The molecule has 0 bridgehead atoms. The molecule has 0 spiro atoms. The van der Waals surface area contributed by atoms with Gasteiger partial charge in [0.25, 0.3) is 17.5 Å². The normalized spacial score (nSPS) is 12.3. The van der Waals surface area contributed by atoms with Gasteiger partial charge in [-0.25, -0.2) is 9.69 Å². The van der Waals surface area contributed by atoms with Gasteiger partial charge in [0.1, 0.15) is 0 Å². The molecule has 1 aliphatic rings. The molecule has 192 valence electrons. The number of non-ortho nitro benzene ring substituents is 1. The van der Waals surface area contributed by atoms with Gasteiger partial charge in [0.05, 0.1) is 27.3 Å². The Kier molecular flexibility index (Phi) is 6.86. The Morgan fingerprint density at radius 3 is 1.95 bits per heavy atom. The summed E-state index contributed by atoms with van der Waals surface area (Å²) in [5, 5.41) is 10.9. The van der Waals surface area contributed by atoms with Crippen molar-refractivity contribution in [2.45, 2.75) is 0 Å². The largest absolute Gasteiger partial charge is 0.454 e. The number of carbonyl (C=O) groups is 4. The highest BCUT2D eigenvalue weighted by molar-refractivity contribution is 9.10. The van der Waals surface area contributed by atoms with E-state index in [1.165, 1.54) is 30.3 Å². The predicted octanol–water partition coefficient (Wildman–Crippen LogP) is 5.86. The lowest BCUT2D eigenvalue weighted by Gasteiger charge is -2.14. The molecule has 1 heterocycles. The maximum absolute atomic E-state index is 13.1. The number of benzene rings is 4. The van der Waals surface area contributed by atoms with Crippen LogP contribution in [0.4, 0.5) is 11.4 Å². The number of fused-ring (bicyclic) bond motifs is 1. The summed E-state index contributed by atoms with van der Waals surface area (Å²) < 4.78 is 5.94. The summed E-state index contributed by atoms with van der Waals surface area (Å²) in [7, 11) is 0. The number of nitro groups is 1. The van der Waals surface area contributed by atoms with Crippen LogP contribution < -0.4 is 4.90 Å². The third kappa shape index (κ3) is 5.10. The topological polar surface area (TPSA) is 124 Å². The molecule has 10 heteroatoms. The number of esters is 1. The number of hydrogen-bond acceptors (Lipinski definition) is 7. The van der Waals surface area contributed by atoms with Gasteiger partial charge in [-0.1, -0.05) is 40.2 Å². The first-order valence-corrected chi connectivity index (χ1v) is 12.4. The van der Waals surface area contributed by atoms with Crippen molar-refractivity contribution in [1.82, 2.24) is 0 Å². The van der Waals surface area contributed by atoms with E-state index in [1.54, 1.807) is 60.7 Å². The quantitative estimate of drug-likeness (QED) is 0.0875. The van der Waals surface area contributed by atoms with Gasteiger partial charge in [0, 0.05) is 22.2 Å². The summed E-state index contributed by atoms with van der Waals surface area (Å²) in [5.41, 5.74) is 2.39. The minimum atomic E-state index is -0.797. The Morgan fingerprint density at radius 2 is 1.33 bits per heavy atom. The number of nitro benzene ring substituents is 1. The fraction of sp³-hybridized carbons (Fsp3) is 0.0345. The van der Waals surface area contributed by atoms with Gasteiger partial charge in [0.15, 0.2) is 12.4 Å². The summed E-state index contributed by atoms with van der Waals surface area (Å²) in [6.07, 6.45) is 0. The lowest BCUT2D eigenvalue weighted by Crippen LogP contribution is -2.29. The summed E-state index contributed by atoms with van der Waals surface area (Å²) in [4.78, 5) is 62.4. The summed E-state index contributed by atoms with van der Waals surface area (Å²) in [6.45, 7) is -0.475. The van der Waals surface area contributed by atoms with E-state index in [1.807, 2.05) is 0 Å². The van der Waals surface area contributed by atoms with Crippen molar-refractivity contribution in [2.75, 3.05) is 11.5 Å². The van der Waals surface area contributed by atoms with Gasteiger partial charge < -0.3 is 4.74 Å². The zero-order valence-corrected chi connectivity index (χ0v) is 21.6. The molecule has 0 saturated carbocycles. The number of amides is 2. The molecule has 0 unspecified atom stereocenters. The molecule has 4 aromatic carbocycles. The van der Waals surface area contributed by atoms with Crippen molar-refractivity contribution in [2.24, 2.45) is 0 Å². The average molecular weight is 585 g/mol. The first-order valence-electron chi connectivity index (χ1n) is 11.6. The molecule has 0 aromatic heterocycles. The summed E-state index contributed by atoms with van der Waals surface area (Å²) in [5.74, 6) is -2.32. The lowest BCUT2D eigenvalue weighted by atomic mass is 10.0. The maximum atomic E-state index is 13.1. The number of anilines is 1. The number of Topliss-reactive ketones (excluding diaryl/α,β-unsaturated/α-hetero) is 1. The van der Waals surface area contributed by atoms with E-state index in [9.17, 15) is 29.3 Å². The average Bonchev–Trinajstić information content (AvgIpc) is 3.20. The molecule has 0 N–H and O–H groups in total.